The molecule has 2 N–H and O–H groups in total. The number of hydrogen-bond donors (Lipinski definition) is 2. The van der Waals surface area contributed by atoms with Crippen molar-refractivity contribution in [2.45, 2.75) is 0 Å². The van der Waals surface area contributed by atoms with Crippen molar-refractivity contribution in [3.05, 3.63) is 65.6 Å². The van der Waals surface area contributed by atoms with Crippen molar-refractivity contribution in [1.29, 1.82) is 0 Å². The molecule has 0 bridgehead atoms. The summed E-state index contributed by atoms with van der Waals surface area (Å²) < 4.78 is 13.5. The zero-order chi connectivity index (χ0) is 15.2. The van der Waals surface area contributed by atoms with Crippen molar-refractivity contribution in [3.63, 3.8) is 0 Å². The third-order valence-corrected chi connectivity index (χ3v) is 2.53. The third kappa shape index (κ3) is 3.97. The molecule has 0 aliphatic rings. The quantitative estimate of drug-likeness (QED) is 0.847. The molecule has 0 fully saturated rings. The Morgan fingerprint density at radius 3 is 2.62 bits per heavy atom. The molecule has 0 spiro atoms. The molecule has 0 aliphatic carbocycles. The van der Waals surface area contributed by atoms with Gasteiger partial charge in [0.15, 0.2) is 0 Å². The van der Waals surface area contributed by atoms with Crippen molar-refractivity contribution in [2.24, 2.45) is 0 Å². The zero-order valence-electron chi connectivity index (χ0n) is 10.8. The maximum atomic E-state index is 13.5. The van der Waals surface area contributed by atoms with Gasteiger partial charge in [-0.2, -0.15) is 0 Å². The molecule has 0 atom stereocenters. The number of anilines is 1. The van der Waals surface area contributed by atoms with E-state index in [0.29, 0.717) is 5.69 Å². The molecular weight excluding hydrogens is 275 g/mol. The number of amides is 1. The van der Waals surface area contributed by atoms with Gasteiger partial charge in [-0.15, -0.1) is 0 Å². The van der Waals surface area contributed by atoms with E-state index in [2.05, 4.69) is 10.3 Å². The summed E-state index contributed by atoms with van der Waals surface area (Å²) in [5, 5.41) is 11.0. The summed E-state index contributed by atoms with van der Waals surface area (Å²) in [4.78, 5) is 26.4. The number of carboxylic acids is 1. The van der Waals surface area contributed by atoms with Gasteiger partial charge in [0.2, 0.25) is 0 Å². The molecule has 0 aliphatic heterocycles. The van der Waals surface area contributed by atoms with Gasteiger partial charge in [-0.1, -0.05) is 18.2 Å². The van der Waals surface area contributed by atoms with Crippen LogP contribution in [-0.4, -0.2) is 22.0 Å². The molecule has 0 radical (unpaired) electrons. The molecule has 6 heteroatoms. The van der Waals surface area contributed by atoms with Gasteiger partial charge in [0, 0.05) is 6.08 Å². The largest absolute Gasteiger partial charge is 0.478 e. The molecule has 2 rings (SSSR count). The average molecular weight is 286 g/mol. The minimum atomic E-state index is -1.10. The summed E-state index contributed by atoms with van der Waals surface area (Å²) in [7, 11) is 0. The number of pyridine rings is 1. The molecule has 1 aromatic heterocycles. The number of carbonyl (C=O) groups excluding carboxylic acids is 1. The Hall–Kier alpha value is -3.02. The predicted molar refractivity (Wildman–Crippen MR) is 75.3 cm³/mol. The fourth-order valence-corrected chi connectivity index (χ4v) is 1.60. The Kier molecular flexibility index (Phi) is 4.40. The summed E-state index contributed by atoms with van der Waals surface area (Å²) in [5.41, 5.74) is 0.273. The summed E-state index contributed by atoms with van der Waals surface area (Å²) in [6.07, 6.45) is 2.23. The number of aliphatic carboxylic acids is 1. The van der Waals surface area contributed by atoms with E-state index < -0.39 is 17.7 Å². The number of nitrogens with zero attached hydrogens (tertiary/aromatic N) is 1. The van der Waals surface area contributed by atoms with Gasteiger partial charge in [-0.3, -0.25) is 4.79 Å². The van der Waals surface area contributed by atoms with E-state index in [1.807, 2.05) is 0 Å². The van der Waals surface area contributed by atoms with Gasteiger partial charge in [0.05, 0.1) is 11.3 Å². The number of rotatable bonds is 4. The van der Waals surface area contributed by atoms with E-state index in [0.717, 1.165) is 6.08 Å². The van der Waals surface area contributed by atoms with E-state index in [1.165, 1.54) is 30.3 Å². The molecule has 2 aromatic rings. The van der Waals surface area contributed by atoms with Gasteiger partial charge >= 0.3 is 5.97 Å². The van der Waals surface area contributed by atoms with Gasteiger partial charge < -0.3 is 10.4 Å². The first-order valence-corrected chi connectivity index (χ1v) is 6.00. The smallest absolute Gasteiger partial charge is 0.328 e. The van der Waals surface area contributed by atoms with Gasteiger partial charge in [-0.25, -0.2) is 14.2 Å². The minimum absolute atomic E-state index is 0.0919. The Labute approximate surface area is 119 Å². The van der Waals surface area contributed by atoms with Crippen LogP contribution in [-0.2, 0) is 4.79 Å². The molecule has 106 valence electrons. The van der Waals surface area contributed by atoms with Crippen LogP contribution < -0.4 is 5.32 Å². The Bertz CT molecular complexity index is 714. The fraction of sp³-hybridized carbons (Fsp3) is 0. The predicted octanol–water partition coefficient (Wildman–Crippen LogP) is 2.57. The van der Waals surface area contributed by atoms with Crippen LogP contribution in [0.1, 0.15) is 16.1 Å². The molecule has 1 aromatic carbocycles. The number of hydrogen-bond acceptors (Lipinski definition) is 3. The van der Waals surface area contributed by atoms with Crippen molar-refractivity contribution in [1.82, 2.24) is 4.98 Å². The van der Waals surface area contributed by atoms with Crippen LogP contribution in [0.5, 0.6) is 0 Å². The van der Waals surface area contributed by atoms with Gasteiger partial charge in [0.1, 0.15) is 11.6 Å². The van der Waals surface area contributed by atoms with E-state index in [9.17, 15) is 14.0 Å². The summed E-state index contributed by atoms with van der Waals surface area (Å²) in [6, 6.07) is 10.3. The number of halogens is 1. The number of carbonyl (C=O) groups is 2. The summed E-state index contributed by atoms with van der Waals surface area (Å²) in [6.45, 7) is 0. The summed E-state index contributed by atoms with van der Waals surface area (Å²) in [5.74, 6) is -2.15. The molecule has 21 heavy (non-hydrogen) atoms. The topological polar surface area (TPSA) is 79.3 Å². The molecule has 5 nitrogen and oxygen atoms in total. The van der Waals surface area contributed by atoms with E-state index in [1.54, 1.807) is 18.2 Å². The lowest BCUT2D eigenvalue weighted by atomic mass is 10.2. The SMILES string of the molecule is O=C(O)C=Cc1cccc(NC(=O)c2ccccc2F)n1. The Morgan fingerprint density at radius 1 is 1.14 bits per heavy atom. The maximum absolute atomic E-state index is 13.5. The first kappa shape index (κ1) is 14.4. The van der Waals surface area contributed by atoms with Crippen LogP contribution in [0.2, 0.25) is 0 Å². The lowest BCUT2D eigenvalue weighted by molar-refractivity contribution is -0.131. The summed E-state index contributed by atoms with van der Waals surface area (Å²) >= 11 is 0. The normalized spacial score (nSPS) is 10.5. The van der Waals surface area contributed by atoms with E-state index in [4.69, 9.17) is 5.11 Å². The standard InChI is InChI=1S/C15H11FN2O3/c16-12-6-2-1-5-11(12)15(21)18-13-7-3-4-10(17-13)8-9-14(19)20/h1-9H,(H,19,20)(H,17,18,21). The van der Waals surface area contributed by atoms with Crippen LogP contribution in [0.25, 0.3) is 6.08 Å². The maximum Gasteiger partial charge on any atom is 0.328 e. The minimum Gasteiger partial charge on any atom is -0.478 e. The first-order valence-electron chi connectivity index (χ1n) is 6.00. The second kappa shape index (κ2) is 6.42. The molecule has 0 unspecified atom stereocenters. The highest BCUT2D eigenvalue weighted by molar-refractivity contribution is 6.04. The van der Waals surface area contributed by atoms with Crippen molar-refractivity contribution >= 4 is 23.8 Å². The monoisotopic (exact) mass is 286 g/mol. The number of nitrogens with one attached hydrogen (secondary N) is 1. The lowest BCUT2D eigenvalue weighted by Crippen LogP contribution is -2.14. The molecule has 1 heterocycles. The van der Waals surface area contributed by atoms with Crippen LogP contribution >= 0.6 is 0 Å². The van der Waals surface area contributed by atoms with E-state index >= 15 is 0 Å². The second-order valence-corrected chi connectivity index (χ2v) is 4.05. The van der Waals surface area contributed by atoms with Gasteiger partial charge in [-0.05, 0) is 30.3 Å². The van der Waals surface area contributed by atoms with Crippen molar-refractivity contribution in [2.75, 3.05) is 5.32 Å². The fourth-order valence-electron chi connectivity index (χ4n) is 1.60. The molecular formula is C15H11FN2O3. The highest BCUT2D eigenvalue weighted by Gasteiger charge is 2.11. The van der Waals surface area contributed by atoms with Crippen LogP contribution in [0.4, 0.5) is 10.2 Å². The third-order valence-electron chi connectivity index (χ3n) is 2.53. The van der Waals surface area contributed by atoms with Gasteiger partial charge in [0.25, 0.3) is 5.91 Å². The Balaban J connectivity index is 2.17. The average Bonchev–Trinajstić information content (AvgIpc) is 2.46. The number of aromatic nitrogens is 1. The Morgan fingerprint density at radius 2 is 1.90 bits per heavy atom. The zero-order valence-corrected chi connectivity index (χ0v) is 10.8. The second-order valence-electron chi connectivity index (χ2n) is 4.05. The molecule has 0 saturated carbocycles. The van der Waals surface area contributed by atoms with Crippen LogP contribution in [0.3, 0.4) is 0 Å². The highest BCUT2D eigenvalue weighted by atomic mass is 19.1. The van der Waals surface area contributed by atoms with Crippen LogP contribution in [0, 0.1) is 5.82 Å². The molecule has 0 saturated heterocycles. The van der Waals surface area contributed by atoms with Crippen LogP contribution in [0.15, 0.2) is 48.5 Å². The van der Waals surface area contributed by atoms with Crippen molar-refractivity contribution < 1.29 is 19.1 Å². The highest BCUT2D eigenvalue weighted by Crippen LogP contribution is 2.11. The molecule has 1 amide bonds. The lowest BCUT2D eigenvalue weighted by Gasteiger charge is -2.05. The first-order chi connectivity index (χ1) is 10.1. The number of carboxylic acid groups (broad SMARTS) is 1. The number of benzene rings is 1. The van der Waals surface area contributed by atoms with E-state index in [-0.39, 0.29) is 11.4 Å². The van der Waals surface area contributed by atoms with Crippen molar-refractivity contribution in [3.8, 4) is 0 Å².